The molecule has 7 heteroatoms. The van der Waals surface area contributed by atoms with E-state index in [1.165, 1.54) is 0 Å². The average molecular weight is 224 g/mol. The van der Waals surface area contributed by atoms with Crippen LogP contribution in [0.25, 0.3) is 0 Å². The second-order valence-electron chi connectivity index (χ2n) is 3.97. The van der Waals surface area contributed by atoms with Gasteiger partial charge in [0.1, 0.15) is 18.3 Å². The van der Waals surface area contributed by atoms with E-state index in [9.17, 15) is 35.7 Å². The van der Waals surface area contributed by atoms with Gasteiger partial charge in [-0.3, -0.25) is 0 Å². The molecule has 0 aromatic carbocycles. The van der Waals surface area contributed by atoms with Crippen LogP contribution >= 0.6 is 0 Å². The van der Waals surface area contributed by atoms with Crippen molar-refractivity contribution in [1.82, 2.24) is 0 Å². The van der Waals surface area contributed by atoms with E-state index in [2.05, 4.69) is 0 Å². The van der Waals surface area contributed by atoms with E-state index in [0.717, 1.165) is 0 Å². The minimum Gasteiger partial charge on any atom is -0.393 e. The van der Waals surface area contributed by atoms with Gasteiger partial charge in [-0.1, -0.05) is 0 Å². The van der Waals surface area contributed by atoms with Gasteiger partial charge in [-0.15, -0.1) is 0 Å². The van der Waals surface area contributed by atoms with Gasteiger partial charge in [0.05, 0.1) is 12.2 Å². The lowest BCUT2D eigenvalue weighted by atomic mass is 9.86. The van der Waals surface area contributed by atoms with Crippen molar-refractivity contribution in [2.75, 3.05) is 0 Å². The summed E-state index contributed by atoms with van der Waals surface area (Å²) in [5.41, 5.74) is 0. The van der Waals surface area contributed by atoms with Crippen LogP contribution in [0.4, 0.5) is 0 Å². The minimum absolute atomic E-state index is 0.312. The number of aliphatic hydroxyl groups is 7. The molecule has 0 saturated heterocycles. The molecule has 1 aliphatic carbocycles. The maximum Gasteiger partial charge on any atom is 0.194 e. The van der Waals surface area contributed by atoms with Crippen molar-refractivity contribution in [2.24, 2.45) is 0 Å². The van der Waals surface area contributed by atoms with Crippen molar-refractivity contribution in [2.45, 2.75) is 49.1 Å². The highest BCUT2D eigenvalue weighted by atomic mass is 16.5. The molecule has 7 N–H and O–H groups in total. The van der Waals surface area contributed by atoms with Gasteiger partial charge in [0.2, 0.25) is 0 Å². The molecule has 0 radical (unpaired) electrons. The molecule has 0 aromatic heterocycles. The van der Waals surface area contributed by atoms with Gasteiger partial charge in [-0.2, -0.15) is 0 Å². The van der Waals surface area contributed by atoms with Crippen molar-refractivity contribution in [3.8, 4) is 0 Å². The SMILES string of the molecule is OC1CC(O)C(O)C(O)C(O)C(O)(O)C1. The monoisotopic (exact) mass is 224 g/mol. The quantitative estimate of drug-likeness (QED) is 0.210. The third-order valence-electron chi connectivity index (χ3n) is 2.59. The zero-order valence-electron chi connectivity index (χ0n) is 7.93. The van der Waals surface area contributed by atoms with Crippen LogP contribution in [0.2, 0.25) is 0 Å². The maximum absolute atomic E-state index is 9.29. The number of aliphatic hydroxyl groups excluding tert-OH is 5. The Labute approximate surface area is 85.8 Å². The summed E-state index contributed by atoms with van der Waals surface area (Å²) in [5.74, 6) is -2.69. The van der Waals surface area contributed by atoms with E-state index in [4.69, 9.17) is 0 Å². The fraction of sp³-hybridized carbons (Fsp3) is 1.00. The smallest absolute Gasteiger partial charge is 0.194 e. The average Bonchev–Trinajstić information content (AvgIpc) is 2.12. The fourth-order valence-electron chi connectivity index (χ4n) is 1.66. The second-order valence-corrected chi connectivity index (χ2v) is 3.97. The van der Waals surface area contributed by atoms with Crippen LogP contribution in [0.1, 0.15) is 12.8 Å². The van der Waals surface area contributed by atoms with Crippen LogP contribution in [0.5, 0.6) is 0 Å². The van der Waals surface area contributed by atoms with Crippen LogP contribution < -0.4 is 0 Å². The van der Waals surface area contributed by atoms with E-state index in [1.54, 1.807) is 0 Å². The maximum atomic E-state index is 9.29. The fourth-order valence-corrected chi connectivity index (χ4v) is 1.66. The lowest BCUT2D eigenvalue weighted by Gasteiger charge is -2.38. The molecule has 90 valence electrons. The van der Waals surface area contributed by atoms with Crippen LogP contribution in [0.15, 0.2) is 0 Å². The van der Waals surface area contributed by atoms with Gasteiger partial charge in [0.15, 0.2) is 5.79 Å². The molecule has 1 rings (SSSR count). The number of hydrogen-bond acceptors (Lipinski definition) is 7. The molecule has 0 amide bonds. The third kappa shape index (κ3) is 2.64. The molecule has 5 unspecified atom stereocenters. The van der Waals surface area contributed by atoms with Gasteiger partial charge in [0.25, 0.3) is 0 Å². The first-order valence-electron chi connectivity index (χ1n) is 4.61. The van der Waals surface area contributed by atoms with E-state index >= 15 is 0 Å². The molecule has 1 aliphatic rings. The standard InChI is InChI=1S/C8H16O7/c9-3-1-4(10)5(11)6(12)7(13)8(14,15)2-3/h3-7,9-15H,1-2H2. The molecule has 0 heterocycles. The first kappa shape index (κ1) is 12.8. The summed E-state index contributed by atoms with van der Waals surface area (Å²) in [6.07, 6.45) is -9.33. The van der Waals surface area contributed by atoms with Gasteiger partial charge in [-0.05, 0) is 0 Å². The summed E-state index contributed by atoms with van der Waals surface area (Å²) in [6.45, 7) is 0. The van der Waals surface area contributed by atoms with Crippen LogP contribution in [0, 0.1) is 0 Å². The van der Waals surface area contributed by atoms with E-state index in [1.807, 2.05) is 0 Å². The second kappa shape index (κ2) is 4.30. The summed E-state index contributed by atoms with van der Waals surface area (Å²) in [6, 6.07) is 0. The Morgan fingerprint density at radius 1 is 0.867 bits per heavy atom. The van der Waals surface area contributed by atoms with Gasteiger partial charge in [0, 0.05) is 12.8 Å². The minimum atomic E-state index is -2.69. The Kier molecular flexibility index (Phi) is 3.67. The zero-order valence-corrected chi connectivity index (χ0v) is 7.93. The Morgan fingerprint density at radius 2 is 1.40 bits per heavy atom. The Balaban J connectivity index is 2.87. The predicted molar refractivity (Wildman–Crippen MR) is 46.4 cm³/mol. The number of hydrogen-bond donors (Lipinski definition) is 7. The third-order valence-corrected chi connectivity index (χ3v) is 2.59. The normalized spacial score (nSPS) is 47.0. The van der Waals surface area contributed by atoms with Crippen molar-refractivity contribution in [3.63, 3.8) is 0 Å². The van der Waals surface area contributed by atoms with Gasteiger partial charge < -0.3 is 35.7 Å². The van der Waals surface area contributed by atoms with Crippen molar-refractivity contribution >= 4 is 0 Å². The first-order valence-corrected chi connectivity index (χ1v) is 4.61. The molecule has 7 nitrogen and oxygen atoms in total. The molecule has 0 aromatic rings. The topological polar surface area (TPSA) is 142 Å². The van der Waals surface area contributed by atoms with Crippen LogP contribution in [-0.4, -0.2) is 72.1 Å². The zero-order chi connectivity index (χ0) is 11.8. The van der Waals surface area contributed by atoms with Crippen molar-refractivity contribution in [1.29, 1.82) is 0 Å². The van der Waals surface area contributed by atoms with Gasteiger partial charge in [-0.25, -0.2) is 0 Å². The Bertz CT molecular complexity index is 219. The molecule has 5 atom stereocenters. The predicted octanol–water partition coefficient (Wildman–Crippen LogP) is -3.73. The summed E-state index contributed by atoms with van der Waals surface area (Å²) in [4.78, 5) is 0. The molecule has 15 heavy (non-hydrogen) atoms. The van der Waals surface area contributed by atoms with Crippen molar-refractivity contribution < 1.29 is 35.7 Å². The molecular formula is C8H16O7. The van der Waals surface area contributed by atoms with E-state index in [0.29, 0.717) is 0 Å². The number of rotatable bonds is 0. The van der Waals surface area contributed by atoms with Crippen LogP contribution in [0.3, 0.4) is 0 Å². The van der Waals surface area contributed by atoms with E-state index in [-0.39, 0.29) is 6.42 Å². The molecule has 0 aliphatic heterocycles. The molecule has 0 spiro atoms. The summed E-state index contributed by atoms with van der Waals surface area (Å²) < 4.78 is 0. The lowest BCUT2D eigenvalue weighted by Crippen LogP contribution is -2.59. The highest BCUT2D eigenvalue weighted by molar-refractivity contribution is 4.93. The summed E-state index contributed by atoms with van der Waals surface area (Å²) >= 11 is 0. The molecule has 0 bridgehead atoms. The Hall–Kier alpha value is -0.280. The first-order chi connectivity index (χ1) is 6.75. The lowest BCUT2D eigenvalue weighted by molar-refractivity contribution is -0.280. The summed E-state index contributed by atoms with van der Waals surface area (Å²) in [5, 5.41) is 64.9. The highest BCUT2D eigenvalue weighted by Crippen LogP contribution is 2.25. The molecular weight excluding hydrogens is 208 g/mol. The molecule has 1 fully saturated rings. The van der Waals surface area contributed by atoms with Gasteiger partial charge >= 0.3 is 0 Å². The Morgan fingerprint density at radius 3 is 1.93 bits per heavy atom. The molecule has 1 saturated carbocycles. The van der Waals surface area contributed by atoms with E-state index < -0.39 is 42.7 Å². The highest BCUT2D eigenvalue weighted by Gasteiger charge is 2.46. The van der Waals surface area contributed by atoms with Crippen LogP contribution in [-0.2, 0) is 0 Å². The summed E-state index contributed by atoms with van der Waals surface area (Å²) in [7, 11) is 0. The van der Waals surface area contributed by atoms with Crippen molar-refractivity contribution in [3.05, 3.63) is 0 Å². The largest absolute Gasteiger partial charge is 0.393 e.